The smallest absolute Gasteiger partial charge is 0.268 e. The van der Waals surface area contributed by atoms with Crippen LogP contribution in [-0.2, 0) is 19.6 Å². The molecule has 1 heterocycles. The van der Waals surface area contributed by atoms with Gasteiger partial charge in [0.15, 0.2) is 0 Å². The lowest BCUT2D eigenvalue weighted by Gasteiger charge is -2.16. The minimum Gasteiger partial charge on any atom is -0.497 e. The van der Waals surface area contributed by atoms with Crippen LogP contribution >= 0.6 is 0 Å². The SMILES string of the molecule is COc1ccc(C2=C(C)C(=O)N(CC(=O)Nc3cc(F)ccc3F)S2(=O)=O)cc1. The van der Waals surface area contributed by atoms with Crippen LogP contribution < -0.4 is 10.1 Å². The highest BCUT2D eigenvalue weighted by Gasteiger charge is 2.43. The fraction of sp³-hybridized carbons (Fsp3) is 0.158. The van der Waals surface area contributed by atoms with E-state index in [0.717, 1.165) is 18.2 Å². The molecule has 0 bridgehead atoms. The van der Waals surface area contributed by atoms with E-state index in [-0.39, 0.29) is 16.0 Å². The summed E-state index contributed by atoms with van der Waals surface area (Å²) in [5, 5.41) is 2.07. The van der Waals surface area contributed by atoms with Gasteiger partial charge in [-0.1, -0.05) is 0 Å². The Balaban J connectivity index is 1.85. The summed E-state index contributed by atoms with van der Waals surface area (Å²) < 4.78 is 58.1. The third kappa shape index (κ3) is 3.83. The summed E-state index contributed by atoms with van der Waals surface area (Å²) in [6.45, 7) is 0.456. The predicted molar refractivity (Wildman–Crippen MR) is 101 cm³/mol. The number of carbonyl (C=O) groups excluding carboxylic acids is 2. The average Bonchev–Trinajstić information content (AvgIpc) is 2.84. The van der Waals surface area contributed by atoms with E-state index in [2.05, 4.69) is 5.32 Å². The van der Waals surface area contributed by atoms with Gasteiger partial charge < -0.3 is 10.1 Å². The number of ether oxygens (including phenoxy) is 1. The summed E-state index contributed by atoms with van der Waals surface area (Å²) in [4.78, 5) is 24.5. The molecule has 0 aliphatic carbocycles. The first-order valence-corrected chi connectivity index (χ1v) is 9.76. The van der Waals surface area contributed by atoms with Crippen molar-refractivity contribution in [3.8, 4) is 5.75 Å². The van der Waals surface area contributed by atoms with Gasteiger partial charge in [-0.25, -0.2) is 21.5 Å². The number of amides is 2. The van der Waals surface area contributed by atoms with E-state index in [0.29, 0.717) is 10.1 Å². The van der Waals surface area contributed by atoms with E-state index in [1.165, 1.54) is 38.3 Å². The van der Waals surface area contributed by atoms with Crippen molar-refractivity contribution in [1.29, 1.82) is 0 Å². The van der Waals surface area contributed by atoms with E-state index in [4.69, 9.17) is 4.74 Å². The van der Waals surface area contributed by atoms with Gasteiger partial charge in [0, 0.05) is 11.6 Å². The van der Waals surface area contributed by atoms with Crippen molar-refractivity contribution in [1.82, 2.24) is 4.31 Å². The van der Waals surface area contributed by atoms with Gasteiger partial charge in [0.05, 0.1) is 12.8 Å². The number of hydrogen-bond acceptors (Lipinski definition) is 5. The number of rotatable bonds is 5. The monoisotopic (exact) mass is 422 g/mol. The molecule has 0 saturated heterocycles. The Bertz CT molecular complexity index is 1130. The number of carbonyl (C=O) groups is 2. The zero-order chi connectivity index (χ0) is 21.3. The highest BCUT2D eigenvalue weighted by atomic mass is 32.2. The molecule has 1 aliphatic rings. The summed E-state index contributed by atoms with van der Waals surface area (Å²) in [5.41, 5.74) is -0.255. The number of hydrogen-bond donors (Lipinski definition) is 1. The average molecular weight is 422 g/mol. The topological polar surface area (TPSA) is 92.8 Å². The van der Waals surface area contributed by atoms with Crippen molar-refractivity contribution >= 4 is 32.4 Å². The Hall–Kier alpha value is -3.27. The summed E-state index contributed by atoms with van der Waals surface area (Å²) in [6.07, 6.45) is 0. The summed E-state index contributed by atoms with van der Waals surface area (Å²) in [7, 11) is -2.86. The molecule has 0 radical (unpaired) electrons. The van der Waals surface area contributed by atoms with Crippen molar-refractivity contribution in [3.05, 3.63) is 65.2 Å². The quantitative estimate of drug-likeness (QED) is 0.799. The molecular formula is C19H16F2N2O5S. The van der Waals surface area contributed by atoms with E-state index in [1.54, 1.807) is 0 Å². The Morgan fingerprint density at radius 2 is 1.79 bits per heavy atom. The first-order valence-electron chi connectivity index (χ1n) is 8.32. The molecule has 0 spiro atoms. The van der Waals surface area contributed by atoms with Gasteiger partial charge in [0.25, 0.3) is 15.9 Å². The Morgan fingerprint density at radius 3 is 2.41 bits per heavy atom. The molecule has 2 aromatic rings. The summed E-state index contributed by atoms with van der Waals surface area (Å²) >= 11 is 0. The van der Waals surface area contributed by atoms with Gasteiger partial charge in [-0.05, 0) is 48.9 Å². The van der Waals surface area contributed by atoms with Crippen LogP contribution in [0.5, 0.6) is 5.75 Å². The minimum absolute atomic E-state index is 0.0556. The molecule has 1 N–H and O–H groups in total. The minimum atomic E-state index is -4.31. The van der Waals surface area contributed by atoms with Crippen molar-refractivity contribution in [2.75, 3.05) is 19.0 Å². The van der Waals surface area contributed by atoms with Crippen LogP contribution in [0.2, 0.25) is 0 Å². The molecule has 10 heteroatoms. The van der Waals surface area contributed by atoms with Gasteiger partial charge >= 0.3 is 0 Å². The molecule has 0 aromatic heterocycles. The Labute approximate surface area is 165 Å². The Kier molecular flexibility index (Phi) is 5.38. The van der Waals surface area contributed by atoms with Gasteiger partial charge in [0.1, 0.15) is 28.8 Å². The molecule has 0 unspecified atom stereocenters. The molecule has 0 saturated carbocycles. The second-order valence-corrected chi connectivity index (χ2v) is 7.97. The maximum atomic E-state index is 13.7. The molecule has 3 rings (SSSR count). The van der Waals surface area contributed by atoms with Crippen LogP contribution in [0.1, 0.15) is 12.5 Å². The highest BCUT2D eigenvalue weighted by molar-refractivity contribution is 7.99. The fourth-order valence-corrected chi connectivity index (χ4v) is 4.65. The Morgan fingerprint density at radius 1 is 1.14 bits per heavy atom. The third-order valence-corrected chi connectivity index (χ3v) is 6.21. The maximum Gasteiger partial charge on any atom is 0.268 e. The lowest BCUT2D eigenvalue weighted by atomic mass is 10.1. The van der Waals surface area contributed by atoms with E-state index >= 15 is 0 Å². The van der Waals surface area contributed by atoms with Gasteiger partial charge in [-0.3, -0.25) is 9.59 Å². The second kappa shape index (κ2) is 7.63. The van der Waals surface area contributed by atoms with Gasteiger partial charge in [-0.15, -0.1) is 0 Å². The zero-order valence-corrected chi connectivity index (χ0v) is 16.2. The normalized spacial score (nSPS) is 15.6. The van der Waals surface area contributed by atoms with Crippen LogP contribution in [-0.4, -0.2) is 38.2 Å². The molecule has 152 valence electrons. The molecule has 0 atom stereocenters. The molecule has 2 aromatic carbocycles. The molecule has 7 nitrogen and oxygen atoms in total. The van der Waals surface area contributed by atoms with E-state index in [9.17, 15) is 26.8 Å². The first kappa shape index (κ1) is 20.5. The van der Waals surface area contributed by atoms with E-state index < -0.39 is 45.7 Å². The number of nitrogens with zero attached hydrogens (tertiary/aromatic N) is 1. The van der Waals surface area contributed by atoms with Gasteiger partial charge in [-0.2, -0.15) is 0 Å². The number of benzene rings is 2. The van der Waals surface area contributed by atoms with Crippen LogP contribution in [0, 0.1) is 11.6 Å². The lowest BCUT2D eigenvalue weighted by molar-refractivity contribution is -0.126. The number of methoxy groups -OCH3 is 1. The highest BCUT2D eigenvalue weighted by Crippen LogP contribution is 2.36. The molecule has 2 amide bonds. The largest absolute Gasteiger partial charge is 0.497 e. The lowest BCUT2D eigenvalue weighted by Crippen LogP contribution is -2.38. The summed E-state index contributed by atoms with van der Waals surface area (Å²) in [5.74, 6) is -3.04. The van der Waals surface area contributed by atoms with Crippen molar-refractivity contribution in [2.24, 2.45) is 0 Å². The first-order chi connectivity index (χ1) is 13.6. The number of sulfonamides is 1. The van der Waals surface area contributed by atoms with Gasteiger partial charge in [0.2, 0.25) is 5.91 Å². The number of halogens is 2. The second-order valence-electron chi connectivity index (χ2n) is 6.17. The van der Waals surface area contributed by atoms with Crippen LogP contribution in [0.15, 0.2) is 48.0 Å². The number of anilines is 1. The molecule has 29 heavy (non-hydrogen) atoms. The van der Waals surface area contributed by atoms with Crippen molar-refractivity contribution < 1.29 is 31.5 Å². The van der Waals surface area contributed by atoms with Crippen molar-refractivity contribution in [2.45, 2.75) is 6.92 Å². The molecular weight excluding hydrogens is 406 g/mol. The maximum absolute atomic E-state index is 13.7. The standard InChI is InChI=1S/C19H16F2N2O5S/c1-11-18(12-3-6-14(28-2)7-4-12)29(26,27)23(19(11)25)10-17(24)22-16-9-13(20)5-8-15(16)21/h3-9H,10H2,1-2H3,(H,22,24). The number of nitrogens with one attached hydrogen (secondary N) is 1. The molecule has 1 aliphatic heterocycles. The van der Waals surface area contributed by atoms with Crippen LogP contribution in [0.4, 0.5) is 14.5 Å². The third-order valence-electron chi connectivity index (χ3n) is 4.28. The molecule has 0 fully saturated rings. The summed E-state index contributed by atoms with van der Waals surface area (Å²) in [6, 6.07) is 8.47. The zero-order valence-electron chi connectivity index (χ0n) is 15.4. The van der Waals surface area contributed by atoms with Crippen LogP contribution in [0.25, 0.3) is 4.91 Å². The predicted octanol–water partition coefficient (Wildman–Crippen LogP) is 2.52. The van der Waals surface area contributed by atoms with Crippen LogP contribution in [0.3, 0.4) is 0 Å². The van der Waals surface area contributed by atoms with E-state index in [1.807, 2.05) is 0 Å². The van der Waals surface area contributed by atoms with Crippen molar-refractivity contribution in [3.63, 3.8) is 0 Å². The fourth-order valence-electron chi connectivity index (χ4n) is 2.88.